The Labute approximate surface area is 108 Å². The monoisotopic (exact) mass is 270 g/mol. The van der Waals surface area contributed by atoms with Crippen molar-refractivity contribution < 1.29 is 18.5 Å². The number of hydrogen-bond acceptors (Lipinski definition) is 3. The number of carbonyl (C=O) groups is 1. The highest BCUT2D eigenvalue weighted by atomic mass is 19.1. The van der Waals surface area contributed by atoms with Gasteiger partial charge in [-0.15, -0.1) is 0 Å². The Balaban J connectivity index is 2.38. The van der Waals surface area contributed by atoms with Crippen molar-refractivity contribution in [1.29, 1.82) is 0 Å². The maximum absolute atomic E-state index is 13.9. The minimum absolute atomic E-state index is 0.461. The van der Waals surface area contributed by atoms with Crippen LogP contribution < -0.4 is 0 Å². The largest absolute Gasteiger partial charge is 0.339 e. The summed E-state index contributed by atoms with van der Waals surface area (Å²) in [4.78, 5) is 23.0. The third-order valence-electron chi connectivity index (χ3n) is 3.09. The SMILES string of the molecule is O=C(c1cc(F)cc([N+](=O)[O-])c1F)N1CCCCC1. The standard InChI is InChI=1S/C12H12F2N2O3/c13-8-6-9(11(14)10(7-8)16(18)19)12(17)15-4-2-1-3-5-15/h6-7H,1-5H2. The molecule has 5 nitrogen and oxygen atoms in total. The number of nitrogens with zero attached hydrogens (tertiary/aromatic N) is 2. The number of halogens is 2. The van der Waals surface area contributed by atoms with Crippen molar-refractivity contribution in [1.82, 2.24) is 4.90 Å². The van der Waals surface area contributed by atoms with E-state index in [4.69, 9.17) is 0 Å². The molecular formula is C12H12F2N2O3. The number of likely N-dealkylation sites (tertiary alicyclic amines) is 1. The second-order valence-electron chi connectivity index (χ2n) is 4.40. The molecular weight excluding hydrogens is 258 g/mol. The summed E-state index contributed by atoms with van der Waals surface area (Å²) in [5.74, 6) is -2.96. The smallest absolute Gasteiger partial charge is 0.308 e. The molecule has 0 atom stereocenters. The Bertz CT molecular complexity index is 528. The van der Waals surface area contributed by atoms with Crippen LogP contribution in [-0.4, -0.2) is 28.8 Å². The van der Waals surface area contributed by atoms with Crippen molar-refractivity contribution in [3.63, 3.8) is 0 Å². The van der Waals surface area contributed by atoms with Gasteiger partial charge in [0.15, 0.2) is 0 Å². The zero-order valence-corrected chi connectivity index (χ0v) is 10.1. The van der Waals surface area contributed by atoms with Crippen LogP contribution in [0.4, 0.5) is 14.5 Å². The molecule has 1 aliphatic heterocycles. The first-order valence-electron chi connectivity index (χ1n) is 5.93. The van der Waals surface area contributed by atoms with Crippen molar-refractivity contribution in [2.45, 2.75) is 19.3 Å². The summed E-state index contributed by atoms with van der Waals surface area (Å²) >= 11 is 0. The predicted octanol–water partition coefficient (Wildman–Crippen LogP) is 2.50. The Morgan fingerprint density at radius 2 is 1.84 bits per heavy atom. The van der Waals surface area contributed by atoms with E-state index in [9.17, 15) is 23.7 Å². The van der Waals surface area contributed by atoms with Crippen molar-refractivity contribution in [3.05, 3.63) is 39.4 Å². The molecule has 0 aliphatic carbocycles. The Morgan fingerprint density at radius 1 is 1.21 bits per heavy atom. The molecule has 2 rings (SSSR count). The molecule has 0 bridgehead atoms. The number of nitro benzene ring substituents is 1. The highest BCUT2D eigenvalue weighted by Gasteiger charge is 2.27. The van der Waals surface area contributed by atoms with E-state index in [0.29, 0.717) is 25.2 Å². The number of nitro groups is 1. The Hall–Kier alpha value is -2.05. The average molecular weight is 270 g/mol. The van der Waals surface area contributed by atoms with Gasteiger partial charge >= 0.3 is 5.69 Å². The molecule has 0 N–H and O–H groups in total. The summed E-state index contributed by atoms with van der Waals surface area (Å²) < 4.78 is 27.1. The fourth-order valence-electron chi connectivity index (χ4n) is 2.13. The molecule has 0 spiro atoms. The van der Waals surface area contributed by atoms with E-state index in [1.54, 1.807) is 0 Å². The van der Waals surface area contributed by atoms with Gasteiger partial charge in [-0.25, -0.2) is 4.39 Å². The van der Waals surface area contributed by atoms with Gasteiger partial charge < -0.3 is 4.90 Å². The first-order chi connectivity index (χ1) is 9.00. The van der Waals surface area contributed by atoms with Crippen molar-refractivity contribution in [2.75, 3.05) is 13.1 Å². The molecule has 1 amide bonds. The molecule has 102 valence electrons. The third kappa shape index (κ3) is 2.69. The average Bonchev–Trinajstić information content (AvgIpc) is 2.41. The molecule has 0 aromatic heterocycles. The number of rotatable bonds is 2. The van der Waals surface area contributed by atoms with Gasteiger partial charge in [0.2, 0.25) is 5.82 Å². The van der Waals surface area contributed by atoms with Crippen LogP contribution in [0.25, 0.3) is 0 Å². The minimum atomic E-state index is -1.28. The summed E-state index contributed by atoms with van der Waals surface area (Å²) in [7, 11) is 0. The third-order valence-corrected chi connectivity index (χ3v) is 3.09. The molecule has 0 saturated carbocycles. The van der Waals surface area contributed by atoms with Gasteiger partial charge in [-0.05, 0) is 25.3 Å². The van der Waals surface area contributed by atoms with Crippen molar-refractivity contribution >= 4 is 11.6 Å². The predicted molar refractivity (Wildman–Crippen MR) is 62.8 cm³/mol. The molecule has 1 aromatic carbocycles. The second-order valence-corrected chi connectivity index (χ2v) is 4.40. The lowest BCUT2D eigenvalue weighted by atomic mass is 10.1. The number of hydrogen-bond donors (Lipinski definition) is 0. The minimum Gasteiger partial charge on any atom is -0.339 e. The van der Waals surface area contributed by atoms with Gasteiger partial charge in [0, 0.05) is 13.1 Å². The van der Waals surface area contributed by atoms with Gasteiger partial charge in [0.05, 0.1) is 16.6 Å². The fraction of sp³-hybridized carbons (Fsp3) is 0.417. The zero-order chi connectivity index (χ0) is 14.0. The summed E-state index contributed by atoms with van der Waals surface area (Å²) in [6, 6.07) is 1.18. The normalized spacial score (nSPS) is 15.4. The van der Waals surface area contributed by atoms with Crippen molar-refractivity contribution in [2.24, 2.45) is 0 Å². The van der Waals surface area contributed by atoms with Crippen LogP contribution in [-0.2, 0) is 0 Å². The number of amides is 1. The topological polar surface area (TPSA) is 63.4 Å². The lowest BCUT2D eigenvalue weighted by molar-refractivity contribution is -0.387. The van der Waals surface area contributed by atoms with Crippen LogP contribution >= 0.6 is 0 Å². The zero-order valence-electron chi connectivity index (χ0n) is 10.1. The number of benzene rings is 1. The quantitative estimate of drug-likeness (QED) is 0.612. The highest BCUT2D eigenvalue weighted by molar-refractivity contribution is 5.95. The molecule has 19 heavy (non-hydrogen) atoms. The van der Waals surface area contributed by atoms with E-state index in [1.807, 2.05) is 0 Å². The molecule has 7 heteroatoms. The Kier molecular flexibility index (Phi) is 3.73. The first kappa shape index (κ1) is 13.4. The summed E-state index contributed by atoms with van der Waals surface area (Å²) in [6.45, 7) is 0.922. The maximum atomic E-state index is 13.9. The van der Waals surface area contributed by atoms with Crippen LogP contribution in [0, 0.1) is 21.7 Å². The molecule has 1 aliphatic rings. The van der Waals surface area contributed by atoms with Gasteiger partial charge in [-0.1, -0.05) is 0 Å². The highest BCUT2D eigenvalue weighted by Crippen LogP contribution is 2.24. The van der Waals surface area contributed by atoms with Gasteiger partial charge in [0.1, 0.15) is 5.82 Å². The molecule has 1 aromatic rings. The number of carbonyl (C=O) groups excluding carboxylic acids is 1. The summed E-state index contributed by atoms with van der Waals surface area (Å²) in [5, 5.41) is 10.6. The lowest BCUT2D eigenvalue weighted by Crippen LogP contribution is -2.36. The first-order valence-corrected chi connectivity index (χ1v) is 5.93. The van der Waals surface area contributed by atoms with E-state index in [-0.39, 0.29) is 0 Å². The van der Waals surface area contributed by atoms with E-state index in [2.05, 4.69) is 0 Å². The van der Waals surface area contributed by atoms with Crippen LogP contribution in [0.5, 0.6) is 0 Å². The summed E-state index contributed by atoms with van der Waals surface area (Å²) in [6.07, 6.45) is 2.57. The van der Waals surface area contributed by atoms with Crippen LogP contribution in [0.3, 0.4) is 0 Å². The second kappa shape index (κ2) is 5.29. The van der Waals surface area contributed by atoms with E-state index < -0.39 is 33.7 Å². The van der Waals surface area contributed by atoms with Crippen LogP contribution in [0.15, 0.2) is 12.1 Å². The van der Waals surface area contributed by atoms with Crippen LogP contribution in [0.2, 0.25) is 0 Å². The van der Waals surface area contributed by atoms with E-state index in [0.717, 1.165) is 19.3 Å². The molecule has 1 saturated heterocycles. The molecule has 0 unspecified atom stereocenters. The van der Waals surface area contributed by atoms with Crippen LogP contribution in [0.1, 0.15) is 29.6 Å². The molecule has 0 radical (unpaired) electrons. The molecule has 1 fully saturated rings. The van der Waals surface area contributed by atoms with E-state index in [1.165, 1.54) is 4.90 Å². The Morgan fingerprint density at radius 3 is 2.42 bits per heavy atom. The van der Waals surface area contributed by atoms with Gasteiger partial charge in [-0.3, -0.25) is 14.9 Å². The lowest BCUT2D eigenvalue weighted by Gasteiger charge is -2.26. The van der Waals surface area contributed by atoms with Crippen molar-refractivity contribution in [3.8, 4) is 0 Å². The number of piperidine rings is 1. The summed E-state index contributed by atoms with van der Waals surface area (Å²) in [5.41, 5.74) is -1.59. The maximum Gasteiger partial charge on any atom is 0.308 e. The fourth-order valence-corrected chi connectivity index (χ4v) is 2.13. The van der Waals surface area contributed by atoms with E-state index >= 15 is 0 Å². The van der Waals surface area contributed by atoms with Gasteiger partial charge in [0.25, 0.3) is 5.91 Å². The van der Waals surface area contributed by atoms with Gasteiger partial charge in [-0.2, -0.15) is 4.39 Å². The molecule has 1 heterocycles.